The lowest BCUT2D eigenvalue weighted by Gasteiger charge is -2.36. The van der Waals surface area contributed by atoms with E-state index in [9.17, 15) is 14.7 Å². The number of rotatable bonds is 3. The summed E-state index contributed by atoms with van der Waals surface area (Å²) in [5, 5.41) is 10.4. The Morgan fingerprint density at radius 1 is 1.19 bits per heavy atom. The molecule has 1 saturated carbocycles. The number of hydrogen-bond acceptors (Lipinski definition) is 6. The fourth-order valence-electron chi connectivity index (χ4n) is 4.11. The van der Waals surface area contributed by atoms with E-state index in [4.69, 9.17) is 0 Å². The average molecular weight is 374 g/mol. The molecule has 8 heteroatoms. The van der Waals surface area contributed by atoms with Gasteiger partial charge in [-0.15, -0.1) is 11.3 Å². The lowest BCUT2D eigenvalue weighted by Crippen LogP contribution is -2.50. The molecule has 1 aliphatic carbocycles. The highest BCUT2D eigenvalue weighted by Gasteiger charge is 2.66. The van der Waals surface area contributed by atoms with Gasteiger partial charge in [0.1, 0.15) is 17.0 Å². The van der Waals surface area contributed by atoms with Gasteiger partial charge in [0.2, 0.25) is 5.91 Å². The first kappa shape index (κ1) is 17.2. The number of piperazine rings is 1. The van der Waals surface area contributed by atoms with Crippen molar-refractivity contribution in [1.82, 2.24) is 14.9 Å². The second-order valence-corrected chi connectivity index (χ2v) is 8.94. The summed E-state index contributed by atoms with van der Waals surface area (Å²) < 4.78 is 0. The molecule has 2 aromatic rings. The first-order valence-corrected chi connectivity index (χ1v) is 9.60. The number of hydrogen-bond donors (Lipinski definition) is 1. The van der Waals surface area contributed by atoms with E-state index >= 15 is 0 Å². The van der Waals surface area contributed by atoms with Crippen LogP contribution < -0.4 is 4.90 Å². The molecular weight excluding hydrogens is 352 g/mol. The number of thiophene rings is 1. The number of aryl methyl sites for hydroxylation is 1. The van der Waals surface area contributed by atoms with Crippen molar-refractivity contribution >= 4 is 39.2 Å². The number of carboxylic acid groups (broad SMARTS) is 1. The van der Waals surface area contributed by atoms with Crippen molar-refractivity contribution in [3.05, 3.63) is 17.3 Å². The molecule has 0 radical (unpaired) electrons. The highest BCUT2D eigenvalue weighted by atomic mass is 32.1. The van der Waals surface area contributed by atoms with Crippen LogP contribution in [-0.2, 0) is 9.59 Å². The maximum Gasteiger partial charge on any atom is 0.307 e. The molecule has 2 aliphatic rings. The van der Waals surface area contributed by atoms with Crippen LogP contribution in [0.2, 0.25) is 0 Å². The summed E-state index contributed by atoms with van der Waals surface area (Å²) in [5.41, 5.74) is -0.451. The van der Waals surface area contributed by atoms with Crippen LogP contribution in [-0.4, -0.2) is 58.0 Å². The Balaban J connectivity index is 1.46. The maximum absolute atomic E-state index is 12.8. The first-order valence-electron chi connectivity index (χ1n) is 8.78. The number of amides is 1. The van der Waals surface area contributed by atoms with Crippen molar-refractivity contribution in [2.24, 2.45) is 17.3 Å². The van der Waals surface area contributed by atoms with Gasteiger partial charge >= 0.3 is 5.97 Å². The third kappa shape index (κ3) is 2.63. The monoisotopic (exact) mass is 374 g/mol. The van der Waals surface area contributed by atoms with Gasteiger partial charge in [-0.1, -0.05) is 13.8 Å². The quantitative estimate of drug-likeness (QED) is 0.884. The highest BCUT2D eigenvalue weighted by Crippen LogP contribution is 2.59. The average Bonchev–Trinajstić information content (AvgIpc) is 2.97. The zero-order valence-corrected chi connectivity index (χ0v) is 15.9. The highest BCUT2D eigenvalue weighted by molar-refractivity contribution is 7.18. The summed E-state index contributed by atoms with van der Waals surface area (Å²) in [6, 6.07) is 2.11. The normalized spacial score (nSPS) is 24.7. The van der Waals surface area contributed by atoms with Gasteiger partial charge in [0.15, 0.2) is 0 Å². The van der Waals surface area contributed by atoms with Crippen molar-refractivity contribution < 1.29 is 14.7 Å². The van der Waals surface area contributed by atoms with Gasteiger partial charge in [-0.3, -0.25) is 9.59 Å². The number of carboxylic acids is 1. The fourth-order valence-corrected chi connectivity index (χ4v) is 4.95. The number of aromatic nitrogens is 2. The summed E-state index contributed by atoms with van der Waals surface area (Å²) in [6.07, 6.45) is 1.59. The smallest absolute Gasteiger partial charge is 0.307 e. The minimum absolute atomic E-state index is 0.0266. The van der Waals surface area contributed by atoms with Gasteiger partial charge in [-0.25, -0.2) is 9.97 Å². The molecule has 1 amide bonds. The molecule has 4 rings (SSSR count). The Hall–Kier alpha value is -2.22. The number of fused-ring (bicyclic) bond motifs is 1. The van der Waals surface area contributed by atoms with E-state index in [1.165, 1.54) is 4.88 Å². The van der Waals surface area contributed by atoms with Gasteiger partial charge in [-0.2, -0.15) is 0 Å². The van der Waals surface area contributed by atoms with Crippen molar-refractivity contribution in [3.63, 3.8) is 0 Å². The summed E-state index contributed by atoms with van der Waals surface area (Å²) in [7, 11) is 0. The molecule has 1 N–H and O–H groups in total. The Labute approximate surface area is 155 Å². The van der Waals surface area contributed by atoms with Gasteiger partial charge in [0, 0.05) is 31.1 Å². The Morgan fingerprint density at radius 3 is 2.50 bits per heavy atom. The minimum atomic E-state index is -0.872. The van der Waals surface area contributed by atoms with E-state index in [1.807, 2.05) is 18.7 Å². The molecule has 2 atom stereocenters. The van der Waals surface area contributed by atoms with Crippen molar-refractivity contribution in [1.29, 1.82) is 0 Å². The third-order valence-corrected chi connectivity index (χ3v) is 6.64. The van der Waals surface area contributed by atoms with Crippen molar-refractivity contribution in [2.75, 3.05) is 31.1 Å². The first-order chi connectivity index (χ1) is 12.3. The van der Waals surface area contributed by atoms with E-state index in [-0.39, 0.29) is 5.91 Å². The lowest BCUT2D eigenvalue weighted by atomic mass is 10.1. The molecule has 7 nitrogen and oxygen atoms in total. The molecule has 0 aromatic carbocycles. The zero-order chi connectivity index (χ0) is 18.6. The molecule has 138 valence electrons. The van der Waals surface area contributed by atoms with Gasteiger partial charge < -0.3 is 14.9 Å². The van der Waals surface area contributed by atoms with Crippen molar-refractivity contribution in [2.45, 2.75) is 20.8 Å². The van der Waals surface area contributed by atoms with E-state index < -0.39 is 23.2 Å². The topological polar surface area (TPSA) is 86.6 Å². The summed E-state index contributed by atoms with van der Waals surface area (Å²) in [4.78, 5) is 39.1. The lowest BCUT2D eigenvalue weighted by molar-refractivity contribution is -0.142. The van der Waals surface area contributed by atoms with E-state index in [0.29, 0.717) is 26.2 Å². The standard InChI is InChI=1S/C18H22N4O3S/c1-10-8-11-14(19-9-20-15(11)26-10)21-4-6-22(7-5-21)16(23)12-13(17(24)25)18(12,2)3/h8-9,12-13H,4-7H2,1-3H3,(H,24,25)/t12-,13+/m0/s1. The number of carbonyl (C=O) groups excluding carboxylic acids is 1. The number of aliphatic carboxylic acids is 1. The Kier molecular flexibility index (Phi) is 3.91. The van der Waals surface area contributed by atoms with Crippen LogP contribution in [0.4, 0.5) is 5.82 Å². The summed E-state index contributed by atoms with van der Waals surface area (Å²) in [5.74, 6) is -0.953. The van der Waals surface area contributed by atoms with Crippen LogP contribution in [0.1, 0.15) is 18.7 Å². The van der Waals surface area contributed by atoms with Gasteiger partial charge in [0.25, 0.3) is 0 Å². The largest absolute Gasteiger partial charge is 0.481 e. The molecule has 1 saturated heterocycles. The second-order valence-electron chi connectivity index (χ2n) is 7.70. The summed E-state index contributed by atoms with van der Waals surface area (Å²) >= 11 is 1.65. The SMILES string of the molecule is Cc1cc2c(N3CCN(C(=O)[C@@H]4[C@H](C(=O)O)C4(C)C)CC3)ncnc2s1. The van der Waals surface area contributed by atoms with Crippen LogP contribution >= 0.6 is 11.3 Å². The molecule has 26 heavy (non-hydrogen) atoms. The van der Waals surface area contributed by atoms with Gasteiger partial charge in [0.05, 0.1) is 17.2 Å². The van der Waals surface area contributed by atoms with Crippen molar-refractivity contribution in [3.8, 4) is 0 Å². The van der Waals surface area contributed by atoms with Crippen LogP contribution in [0.3, 0.4) is 0 Å². The van der Waals surface area contributed by atoms with Crippen LogP contribution in [0.25, 0.3) is 10.2 Å². The third-order valence-electron chi connectivity index (χ3n) is 5.68. The number of anilines is 1. The van der Waals surface area contributed by atoms with Crippen LogP contribution in [0, 0.1) is 24.2 Å². The molecule has 2 aromatic heterocycles. The molecule has 0 bridgehead atoms. The summed E-state index contributed by atoms with van der Waals surface area (Å²) in [6.45, 7) is 8.35. The number of nitrogens with zero attached hydrogens (tertiary/aromatic N) is 4. The predicted octanol–water partition coefficient (Wildman–Crippen LogP) is 2.01. The molecule has 3 heterocycles. The molecular formula is C18H22N4O3S. The predicted molar refractivity (Wildman–Crippen MR) is 99.3 cm³/mol. The van der Waals surface area contributed by atoms with Crippen LogP contribution in [0.5, 0.6) is 0 Å². The van der Waals surface area contributed by atoms with Crippen LogP contribution in [0.15, 0.2) is 12.4 Å². The number of carbonyl (C=O) groups is 2. The van der Waals surface area contributed by atoms with E-state index in [1.54, 1.807) is 17.7 Å². The van der Waals surface area contributed by atoms with Gasteiger partial charge in [-0.05, 0) is 18.4 Å². The molecule has 0 spiro atoms. The molecule has 1 aliphatic heterocycles. The molecule has 2 fully saturated rings. The van der Waals surface area contributed by atoms with E-state index in [2.05, 4.69) is 27.9 Å². The minimum Gasteiger partial charge on any atom is -0.481 e. The Morgan fingerprint density at radius 2 is 1.88 bits per heavy atom. The molecule has 0 unspecified atom stereocenters. The zero-order valence-electron chi connectivity index (χ0n) is 15.1. The van der Waals surface area contributed by atoms with E-state index in [0.717, 1.165) is 16.0 Å². The fraction of sp³-hybridized carbons (Fsp3) is 0.556. The second kappa shape index (κ2) is 5.90. The maximum atomic E-state index is 12.8. The Bertz CT molecular complexity index is 886.